The Morgan fingerprint density at radius 1 is 1.21 bits per heavy atom. The number of benzene rings is 1. The number of aromatic nitrogens is 1. The molecule has 0 saturated carbocycles. The van der Waals surface area contributed by atoms with E-state index in [9.17, 15) is 26.4 Å². The lowest BCUT2D eigenvalue weighted by Crippen LogP contribution is -2.44. The van der Waals surface area contributed by atoms with Crippen molar-refractivity contribution in [1.82, 2.24) is 9.88 Å². The lowest BCUT2D eigenvalue weighted by Gasteiger charge is -2.34. The van der Waals surface area contributed by atoms with E-state index in [0.29, 0.717) is 43.8 Å². The van der Waals surface area contributed by atoms with Crippen molar-refractivity contribution < 1.29 is 35.9 Å². The molecule has 1 aromatic heterocycles. The number of hydrogen-bond acceptors (Lipinski definition) is 6. The maximum atomic E-state index is 12.6. The zero-order valence-corrected chi connectivity index (χ0v) is 19.5. The number of hydrogen-bond donors (Lipinski definition) is 0. The van der Waals surface area contributed by atoms with Crippen molar-refractivity contribution >= 4 is 15.9 Å². The second-order valence-corrected chi connectivity index (χ2v) is 10.7. The molecular formula is C23H25F3N2O5S. The average molecular weight is 499 g/mol. The Labute approximate surface area is 195 Å². The van der Waals surface area contributed by atoms with Crippen LogP contribution in [0.25, 0.3) is 11.3 Å². The summed E-state index contributed by atoms with van der Waals surface area (Å²) in [4.78, 5) is 18.0. The highest BCUT2D eigenvalue weighted by molar-refractivity contribution is 7.90. The van der Waals surface area contributed by atoms with Gasteiger partial charge in [-0.2, -0.15) is 13.2 Å². The number of pyridine rings is 1. The third-order valence-corrected chi connectivity index (χ3v) is 7.42. The van der Waals surface area contributed by atoms with Gasteiger partial charge in [0.05, 0.1) is 16.8 Å². The molecule has 11 heteroatoms. The van der Waals surface area contributed by atoms with Crippen LogP contribution in [-0.4, -0.2) is 62.1 Å². The molecule has 2 aliphatic rings. The SMILES string of the molecule is CC(OC(=O)N1CCC([C@H]2Cc3cc(-c4ccc(S(C)(=O)=O)cc4)ncc3O2)CC1)C(F)(F)F. The first-order valence-corrected chi connectivity index (χ1v) is 12.8. The second kappa shape index (κ2) is 9.09. The molecule has 0 N–H and O–H groups in total. The van der Waals surface area contributed by atoms with Crippen LogP contribution in [0.4, 0.5) is 18.0 Å². The minimum absolute atomic E-state index is 0.105. The molecule has 184 valence electrons. The van der Waals surface area contributed by atoms with Gasteiger partial charge in [-0.25, -0.2) is 13.2 Å². The van der Waals surface area contributed by atoms with Gasteiger partial charge in [0, 0.05) is 36.9 Å². The first-order chi connectivity index (χ1) is 15.9. The number of carbonyl (C=O) groups is 1. The van der Waals surface area contributed by atoms with Crippen molar-refractivity contribution in [2.45, 2.75) is 49.5 Å². The standard InChI is InChI=1S/C23H25F3N2O5S/c1-14(23(24,25)26)32-22(29)28-9-7-16(8-10-28)20-12-17-11-19(27-13-21(17)33-20)15-3-5-18(6-4-15)34(2,30)31/h3-6,11,13-14,16,20H,7-10,12H2,1-2H3/t14?,20-/m1/s1. The molecular weight excluding hydrogens is 473 g/mol. The van der Waals surface area contributed by atoms with Crippen LogP contribution >= 0.6 is 0 Å². The molecule has 1 saturated heterocycles. The largest absolute Gasteiger partial charge is 0.488 e. The summed E-state index contributed by atoms with van der Waals surface area (Å²) in [7, 11) is -3.28. The summed E-state index contributed by atoms with van der Waals surface area (Å²) in [5.74, 6) is 0.830. The van der Waals surface area contributed by atoms with Crippen molar-refractivity contribution in [1.29, 1.82) is 0 Å². The van der Waals surface area contributed by atoms with Crippen LogP contribution in [0.3, 0.4) is 0 Å². The molecule has 2 atom stereocenters. The smallest absolute Gasteiger partial charge is 0.425 e. The fourth-order valence-electron chi connectivity index (χ4n) is 4.21. The first-order valence-electron chi connectivity index (χ1n) is 10.9. The normalized spacial score (nSPS) is 19.9. The van der Waals surface area contributed by atoms with Crippen molar-refractivity contribution in [3.05, 3.63) is 42.1 Å². The van der Waals surface area contributed by atoms with Crippen molar-refractivity contribution in [3.63, 3.8) is 0 Å². The monoisotopic (exact) mass is 498 g/mol. The van der Waals surface area contributed by atoms with E-state index < -0.39 is 28.2 Å². The molecule has 7 nitrogen and oxygen atoms in total. The Balaban J connectivity index is 1.35. The van der Waals surface area contributed by atoms with E-state index in [2.05, 4.69) is 9.72 Å². The van der Waals surface area contributed by atoms with Crippen LogP contribution < -0.4 is 4.74 Å². The molecule has 1 fully saturated rings. The average Bonchev–Trinajstić information content (AvgIpc) is 3.21. The topological polar surface area (TPSA) is 85.8 Å². The van der Waals surface area contributed by atoms with E-state index in [-0.39, 0.29) is 16.9 Å². The summed E-state index contributed by atoms with van der Waals surface area (Å²) in [6.45, 7) is 1.43. The predicted octanol–water partition coefficient (Wildman–Crippen LogP) is 4.26. The molecule has 0 spiro atoms. The minimum Gasteiger partial charge on any atom is -0.488 e. The summed E-state index contributed by atoms with van der Waals surface area (Å²) in [5.41, 5.74) is 2.49. The van der Waals surface area contributed by atoms with E-state index in [1.165, 1.54) is 4.90 Å². The molecule has 0 radical (unpaired) electrons. The van der Waals surface area contributed by atoms with Gasteiger partial charge >= 0.3 is 12.3 Å². The minimum atomic E-state index is -4.58. The molecule has 1 amide bonds. The molecule has 2 aliphatic heterocycles. The molecule has 1 aromatic carbocycles. The van der Waals surface area contributed by atoms with Gasteiger partial charge in [0.1, 0.15) is 11.9 Å². The van der Waals surface area contributed by atoms with Crippen LogP contribution in [0, 0.1) is 5.92 Å². The van der Waals surface area contributed by atoms with Crippen LogP contribution in [0.2, 0.25) is 0 Å². The quantitative estimate of drug-likeness (QED) is 0.627. The number of ether oxygens (including phenoxy) is 2. The summed E-state index contributed by atoms with van der Waals surface area (Å²) in [5, 5.41) is 0. The highest BCUT2D eigenvalue weighted by atomic mass is 32.2. The Kier molecular flexibility index (Phi) is 6.50. The lowest BCUT2D eigenvalue weighted by atomic mass is 9.89. The summed E-state index contributed by atoms with van der Waals surface area (Å²) in [6.07, 6.45) is -3.12. The number of fused-ring (bicyclic) bond motifs is 1. The van der Waals surface area contributed by atoms with Gasteiger partial charge in [0.15, 0.2) is 15.9 Å². The van der Waals surface area contributed by atoms with E-state index in [1.54, 1.807) is 30.5 Å². The summed E-state index contributed by atoms with van der Waals surface area (Å²) in [6, 6.07) is 8.45. The number of likely N-dealkylation sites (tertiary alicyclic amines) is 1. The Hall–Kier alpha value is -2.82. The molecule has 0 aliphatic carbocycles. The van der Waals surface area contributed by atoms with E-state index in [4.69, 9.17) is 4.74 Å². The number of amides is 1. The van der Waals surface area contributed by atoms with Gasteiger partial charge in [-0.1, -0.05) is 12.1 Å². The Bertz CT molecular complexity index is 1160. The van der Waals surface area contributed by atoms with Gasteiger partial charge in [0.2, 0.25) is 0 Å². The first kappa shape index (κ1) is 24.3. The van der Waals surface area contributed by atoms with Gasteiger partial charge in [-0.15, -0.1) is 0 Å². The number of alkyl halides is 3. The molecule has 2 aromatic rings. The van der Waals surface area contributed by atoms with Gasteiger partial charge in [-0.3, -0.25) is 4.98 Å². The van der Waals surface area contributed by atoms with Crippen LogP contribution in [0.1, 0.15) is 25.3 Å². The predicted molar refractivity (Wildman–Crippen MR) is 117 cm³/mol. The van der Waals surface area contributed by atoms with Crippen LogP contribution in [0.15, 0.2) is 41.4 Å². The molecule has 34 heavy (non-hydrogen) atoms. The Morgan fingerprint density at radius 2 is 1.85 bits per heavy atom. The Morgan fingerprint density at radius 3 is 2.44 bits per heavy atom. The third kappa shape index (κ3) is 5.29. The fourth-order valence-corrected chi connectivity index (χ4v) is 4.84. The highest BCUT2D eigenvalue weighted by Crippen LogP contribution is 2.37. The number of nitrogens with zero attached hydrogens (tertiary/aromatic N) is 2. The van der Waals surface area contributed by atoms with E-state index >= 15 is 0 Å². The third-order valence-electron chi connectivity index (χ3n) is 6.29. The van der Waals surface area contributed by atoms with Gasteiger partial charge in [-0.05, 0) is 43.9 Å². The molecule has 0 bridgehead atoms. The zero-order chi connectivity index (χ0) is 24.7. The van der Waals surface area contributed by atoms with Crippen molar-refractivity contribution in [2.75, 3.05) is 19.3 Å². The highest BCUT2D eigenvalue weighted by Gasteiger charge is 2.41. The lowest BCUT2D eigenvalue weighted by molar-refractivity contribution is -0.200. The molecule has 1 unspecified atom stereocenters. The van der Waals surface area contributed by atoms with Crippen molar-refractivity contribution in [3.8, 4) is 17.0 Å². The number of piperidine rings is 1. The number of carbonyl (C=O) groups excluding carboxylic acids is 1. The zero-order valence-electron chi connectivity index (χ0n) is 18.7. The summed E-state index contributed by atoms with van der Waals surface area (Å²) >= 11 is 0. The number of rotatable bonds is 4. The van der Waals surface area contributed by atoms with Crippen molar-refractivity contribution in [2.24, 2.45) is 5.92 Å². The van der Waals surface area contributed by atoms with E-state index in [0.717, 1.165) is 24.3 Å². The summed E-state index contributed by atoms with van der Waals surface area (Å²) < 4.78 is 71.8. The van der Waals surface area contributed by atoms with Crippen LogP contribution in [-0.2, 0) is 21.0 Å². The maximum Gasteiger partial charge on any atom is 0.425 e. The van der Waals surface area contributed by atoms with Gasteiger partial charge < -0.3 is 14.4 Å². The number of sulfone groups is 1. The molecule has 4 rings (SSSR count). The van der Waals surface area contributed by atoms with Gasteiger partial charge in [0.25, 0.3) is 0 Å². The van der Waals surface area contributed by atoms with Crippen LogP contribution in [0.5, 0.6) is 5.75 Å². The number of halogens is 3. The second-order valence-electron chi connectivity index (χ2n) is 8.73. The van der Waals surface area contributed by atoms with E-state index in [1.807, 2.05) is 6.07 Å². The maximum absolute atomic E-state index is 12.6. The fraction of sp³-hybridized carbons (Fsp3) is 0.478. The molecule has 3 heterocycles.